The van der Waals surface area contributed by atoms with E-state index >= 15 is 0 Å². The van der Waals surface area contributed by atoms with Gasteiger partial charge in [-0.2, -0.15) is 5.26 Å². The summed E-state index contributed by atoms with van der Waals surface area (Å²) in [5.74, 6) is 0.625. The van der Waals surface area contributed by atoms with Gasteiger partial charge in [-0.15, -0.1) is 0 Å². The SMILES string of the molecule is COc1ccc(Cl)cc1-c1ccc(N)c(C#N)c1Cl. The third-order valence-corrected chi connectivity index (χ3v) is 3.37. The molecule has 3 nitrogen and oxygen atoms in total. The molecule has 0 aromatic heterocycles. The van der Waals surface area contributed by atoms with Crippen molar-refractivity contribution in [1.82, 2.24) is 0 Å². The lowest BCUT2D eigenvalue weighted by Gasteiger charge is -2.12. The molecule has 0 saturated carbocycles. The molecule has 2 aromatic carbocycles. The second-order valence-corrected chi connectivity index (χ2v) is 4.66. The van der Waals surface area contributed by atoms with Crippen molar-refractivity contribution in [3.8, 4) is 22.9 Å². The minimum atomic E-state index is 0.251. The summed E-state index contributed by atoms with van der Waals surface area (Å²) in [5, 5.41) is 9.93. The van der Waals surface area contributed by atoms with E-state index in [2.05, 4.69) is 0 Å². The van der Waals surface area contributed by atoms with E-state index in [1.807, 2.05) is 6.07 Å². The lowest BCUT2D eigenvalue weighted by Crippen LogP contribution is -1.94. The number of anilines is 1. The van der Waals surface area contributed by atoms with Crippen molar-refractivity contribution in [3.63, 3.8) is 0 Å². The molecule has 0 atom stereocenters. The number of halogens is 2. The second kappa shape index (κ2) is 5.40. The first-order chi connectivity index (χ1) is 9.08. The van der Waals surface area contributed by atoms with Gasteiger partial charge in [0, 0.05) is 16.1 Å². The van der Waals surface area contributed by atoms with Crippen molar-refractivity contribution >= 4 is 28.9 Å². The van der Waals surface area contributed by atoms with Crippen LogP contribution in [0.3, 0.4) is 0 Å². The van der Waals surface area contributed by atoms with Crippen LogP contribution in [0.5, 0.6) is 5.75 Å². The molecule has 0 heterocycles. The maximum Gasteiger partial charge on any atom is 0.126 e. The number of nitriles is 1. The van der Waals surface area contributed by atoms with E-state index in [1.54, 1.807) is 37.4 Å². The number of nitrogens with zero attached hydrogens (tertiary/aromatic N) is 1. The van der Waals surface area contributed by atoms with Gasteiger partial charge in [-0.05, 0) is 24.3 Å². The highest BCUT2D eigenvalue weighted by molar-refractivity contribution is 6.35. The number of nitrogens with two attached hydrogens (primary N) is 1. The summed E-state index contributed by atoms with van der Waals surface area (Å²) in [4.78, 5) is 0. The lowest BCUT2D eigenvalue weighted by molar-refractivity contribution is 0.416. The van der Waals surface area contributed by atoms with Crippen molar-refractivity contribution in [2.45, 2.75) is 0 Å². The van der Waals surface area contributed by atoms with Crippen LogP contribution >= 0.6 is 23.2 Å². The Bertz CT molecular complexity index is 678. The van der Waals surface area contributed by atoms with Crippen LogP contribution in [0.2, 0.25) is 10.0 Å². The van der Waals surface area contributed by atoms with Crippen molar-refractivity contribution in [2.75, 3.05) is 12.8 Å². The van der Waals surface area contributed by atoms with Gasteiger partial charge < -0.3 is 10.5 Å². The first kappa shape index (κ1) is 13.5. The Morgan fingerprint density at radius 2 is 1.89 bits per heavy atom. The Morgan fingerprint density at radius 1 is 1.16 bits per heavy atom. The first-order valence-electron chi connectivity index (χ1n) is 5.40. The first-order valence-corrected chi connectivity index (χ1v) is 6.16. The van der Waals surface area contributed by atoms with Gasteiger partial charge in [0.2, 0.25) is 0 Å². The predicted octanol–water partition coefficient (Wildman–Crippen LogP) is 4.12. The number of hydrogen-bond donors (Lipinski definition) is 1. The van der Waals surface area contributed by atoms with Crippen LogP contribution in [0.15, 0.2) is 30.3 Å². The molecule has 2 aromatic rings. The van der Waals surface area contributed by atoms with E-state index in [4.69, 9.17) is 38.9 Å². The molecule has 0 saturated heterocycles. The Balaban J connectivity index is 2.73. The van der Waals surface area contributed by atoms with E-state index < -0.39 is 0 Å². The highest BCUT2D eigenvalue weighted by Crippen LogP contribution is 2.39. The fraction of sp³-hybridized carbons (Fsp3) is 0.0714. The summed E-state index contributed by atoms with van der Waals surface area (Å²) in [6.45, 7) is 0. The number of hydrogen-bond acceptors (Lipinski definition) is 3. The van der Waals surface area contributed by atoms with Crippen LogP contribution in [-0.2, 0) is 0 Å². The summed E-state index contributed by atoms with van der Waals surface area (Å²) in [7, 11) is 1.56. The van der Waals surface area contributed by atoms with Gasteiger partial charge in [0.25, 0.3) is 0 Å². The molecule has 5 heteroatoms. The fourth-order valence-corrected chi connectivity index (χ4v) is 2.29. The van der Waals surface area contributed by atoms with Gasteiger partial charge in [-0.3, -0.25) is 0 Å². The van der Waals surface area contributed by atoms with Crippen LogP contribution in [0, 0.1) is 11.3 Å². The summed E-state index contributed by atoms with van der Waals surface area (Å²) in [6, 6.07) is 10.6. The maximum atomic E-state index is 9.08. The van der Waals surface area contributed by atoms with Gasteiger partial charge in [-0.1, -0.05) is 29.3 Å². The smallest absolute Gasteiger partial charge is 0.126 e. The second-order valence-electron chi connectivity index (χ2n) is 3.85. The molecule has 0 fully saturated rings. The number of methoxy groups -OCH3 is 1. The lowest BCUT2D eigenvalue weighted by atomic mass is 10.0. The Kier molecular flexibility index (Phi) is 3.84. The van der Waals surface area contributed by atoms with Gasteiger partial charge in [0.1, 0.15) is 11.8 Å². The molecule has 19 heavy (non-hydrogen) atoms. The minimum Gasteiger partial charge on any atom is -0.496 e. The van der Waals surface area contributed by atoms with Gasteiger partial charge >= 0.3 is 0 Å². The van der Waals surface area contributed by atoms with Crippen molar-refractivity contribution in [3.05, 3.63) is 45.9 Å². The predicted molar refractivity (Wildman–Crippen MR) is 77.6 cm³/mol. The number of rotatable bonds is 2. The van der Waals surface area contributed by atoms with E-state index in [-0.39, 0.29) is 5.56 Å². The average Bonchev–Trinajstić information content (AvgIpc) is 2.39. The van der Waals surface area contributed by atoms with Crippen LogP contribution < -0.4 is 10.5 Å². The summed E-state index contributed by atoms with van der Waals surface area (Å²) in [6.07, 6.45) is 0. The van der Waals surface area contributed by atoms with Crippen LogP contribution in [0.25, 0.3) is 11.1 Å². The molecule has 0 aliphatic carbocycles. The normalized spacial score (nSPS) is 10.0. The monoisotopic (exact) mass is 292 g/mol. The highest BCUT2D eigenvalue weighted by Gasteiger charge is 2.15. The van der Waals surface area contributed by atoms with E-state index in [1.165, 1.54) is 0 Å². The zero-order valence-electron chi connectivity index (χ0n) is 10.1. The molecule has 0 aliphatic heterocycles. The Morgan fingerprint density at radius 3 is 2.53 bits per heavy atom. The van der Waals surface area contributed by atoms with Crippen LogP contribution in [-0.4, -0.2) is 7.11 Å². The number of benzene rings is 2. The highest BCUT2D eigenvalue weighted by atomic mass is 35.5. The summed E-state index contributed by atoms with van der Waals surface area (Å²) in [5.41, 5.74) is 7.69. The van der Waals surface area contributed by atoms with E-state index in [0.717, 1.165) is 5.56 Å². The van der Waals surface area contributed by atoms with Crippen molar-refractivity contribution < 1.29 is 4.74 Å². The minimum absolute atomic E-state index is 0.251. The maximum absolute atomic E-state index is 9.08. The van der Waals surface area contributed by atoms with Gasteiger partial charge in [0.15, 0.2) is 0 Å². The number of ether oxygens (including phenoxy) is 1. The zero-order chi connectivity index (χ0) is 14.0. The van der Waals surface area contributed by atoms with E-state index in [0.29, 0.717) is 27.0 Å². The van der Waals surface area contributed by atoms with Crippen LogP contribution in [0.4, 0.5) is 5.69 Å². The molecule has 0 radical (unpaired) electrons. The van der Waals surface area contributed by atoms with Gasteiger partial charge in [0.05, 0.1) is 23.4 Å². The molecular weight excluding hydrogens is 283 g/mol. The topological polar surface area (TPSA) is 59.0 Å². The molecule has 0 aliphatic rings. The largest absolute Gasteiger partial charge is 0.496 e. The van der Waals surface area contributed by atoms with Crippen LogP contribution in [0.1, 0.15) is 5.56 Å². The van der Waals surface area contributed by atoms with Crippen molar-refractivity contribution in [2.24, 2.45) is 0 Å². The van der Waals surface area contributed by atoms with Crippen molar-refractivity contribution in [1.29, 1.82) is 5.26 Å². The molecule has 2 N–H and O–H groups in total. The summed E-state index contributed by atoms with van der Waals surface area (Å²) < 4.78 is 5.28. The molecule has 0 unspecified atom stereocenters. The Hall–Kier alpha value is -1.89. The fourth-order valence-electron chi connectivity index (χ4n) is 1.80. The molecular formula is C14H10Cl2N2O. The third kappa shape index (κ3) is 2.46. The molecule has 2 rings (SSSR count). The molecule has 0 spiro atoms. The average molecular weight is 293 g/mol. The Labute approximate surface area is 121 Å². The zero-order valence-corrected chi connectivity index (χ0v) is 11.6. The molecule has 96 valence electrons. The molecule has 0 bridgehead atoms. The number of nitrogen functional groups attached to an aromatic ring is 1. The standard InChI is InChI=1S/C14H10Cl2N2O/c1-19-13-5-2-8(15)6-10(13)9-3-4-12(18)11(7-17)14(9)16/h2-6H,18H2,1H3. The summed E-state index contributed by atoms with van der Waals surface area (Å²) >= 11 is 12.2. The van der Waals surface area contributed by atoms with Gasteiger partial charge in [-0.25, -0.2) is 0 Å². The quantitative estimate of drug-likeness (QED) is 0.847. The van der Waals surface area contributed by atoms with E-state index in [9.17, 15) is 0 Å². The third-order valence-electron chi connectivity index (χ3n) is 2.74. The molecule has 0 amide bonds.